The molecular weight excluding hydrogens is 314 g/mol. The Morgan fingerprint density at radius 3 is 2.40 bits per heavy atom. The van der Waals surface area contributed by atoms with E-state index in [9.17, 15) is 4.79 Å². The molecule has 0 unspecified atom stereocenters. The quantitative estimate of drug-likeness (QED) is 0.842. The van der Waals surface area contributed by atoms with E-state index < -0.39 is 0 Å². The van der Waals surface area contributed by atoms with Crippen LogP contribution in [0.5, 0.6) is 0 Å². The highest BCUT2D eigenvalue weighted by Gasteiger charge is 2.29. The highest BCUT2D eigenvalue weighted by Crippen LogP contribution is 2.26. The van der Waals surface area contributed by atoms with Crippen LogP contribution in [0.2, 0.25) is 0 Å². The van der Waals surface area contributed by atoms with Crippen molar-refractivity contribution in [1.82, 2.24) is 19.9 Å². The second-order valence-corrected chi connectivity index (χ2v) is 7.09. The van der Waals surface area contributed by atoms with E-state index in [0.29, 0.717) is 11.6 Å². The number of rotatable bonds is 2. The molecule has 2 aliphatic heterocycles. The fourth-order valence-corrected chi connectivity index (χ4v) is 3.95. The normalized spacial score (nSPS) is 19.8. The maximum Gasteiger partial charge on any atom is 0.225 e. The fraction of sp³-hybridized carbons (Fsp3) is 0.579. The van der Waals surface area contributed by atoms with Crippen LogP contribution in [0, 0.1) is 5.92 Å². The van der Waals surface area contributed by atoms with Gasteiger partial charge in [-0.3, -0.25) is 9.78 Å². The van der Waals surface area contributed by atoms with Crippen molar-refractivity contribution >= 4 is 22.8 Å². The molecule has 0 saturated carbocycles. The molecule has 2 fully saturated rings. The summed E-state index contributed by atoms with van der Waals surface area (Å²) in [6, 6.07) is 2.05. The molecular formula is C19H25N5O. The maximum absolute atomic E-state index is 12.8. The van der Waals surface area contributed by atoms with Gasteiger partial charge in [-0.1, -0.05) is 12.8 Å². The van der Waals surface area contributed by atoms with Gasteiger partial charge < -0.3 is 9.80 Å². The third-order valence-corrected chi connectivity index (χ3v) is 5.44. The summed E-state index contributed by atoms with van der Waals surface area (Å²) >= 11 is 0. The monoisotopic (exact) mass is 339 g/mol. The van der Waals surface area contributed by atoms with E-state index >= 15 is 0 Å². The van der Waals surface area contributed by atoms with Crippen LogP contribution in [0.1, 0.15) is 38.5 Å². The summed E-state index contributed by atoms with van der Waals surface area (Å²) in [5, 5.41) is 0. The van der Waals surface area contributed by atoms with E-state index in [2.05, 4.69) is 24.8 Å². The number of carbonyl (C=O) groups excluding carboxylic acids is 1. The molecule has 25 heavy (non-hydrogen) atoms. The lowest BCUT2D eigenvalue weighted by Crippen LogP contribution is -2.43. The van der Waals surface area contributed by atoms with Crippen molar-refractivity contribution in [3.05, 3.63) is 24.7 Å². The third-order valence-electron chi connectivity index (χ3n) is 5.44. The van der Waals surface area contributed by atoms with Gasteiger partial charge in [0.2, 0.25) is 5.91 Å². The predicted molar refractivity (Wildman–Crippen MR) is 97.3 cm³/mol. The van der Waals surface area contributed by atoms with E-state index in [1.54, 1.807) is 12.4 Å². The third kappa shape index (κ3) is 3.57. The second kappa shape index (κ2) is 7.33. The average molecular weight is 339 g/mol. The average Bonchev–Trinajstić information content (AvgIpc) is 2.97. The van der Waals surface area contributed by atoms with Crippen LogP contribution in [0.25, 0.3) is 11.2 Å². The molecule has 0 radical (unpaired) electrons. The Labute approximate surface area is 148 Å². The van der Waals surface area contributed by atoms with Crippen LogP contribution in [-0.2, 0) is 4.79 Å². The lowest BCUT2D eigenvalue weighted by Gasteiger charge is -2.35. The molecule has 6 nitrogen and oxygen atoms in total. The van der Waals surface area contributed by atoms with Crippen LogP contribution in [0.3, 0.4) is 0 Å². The zero-order chi connectivity index (χ0) is 17.1. The van der Waals surface area contributed by atoms with Gasteiger partial charge in [-0.15, -0.1) is 0 Å². The molecule has 2 aliphatic rings. The number of hydrogen-bond donors (Lipinski definition) is 0. The molecule has 4 heterocycles. The highest BCUT2D eigenvalue weighted by atomic mass is 16.2. The molecule has 2 saturated heterocycles. The topological polar surface area (TPSA) is 62.2 Å². The molecule has 0 atom stereocenters. The second-order valence-electron chi connectivity index (χ2n) is 7.09. The van der Waals surface area contributed by atoms with E-state index in [4.69, 9.17) is 0 Å². The first-order chi connectivity index (χ1) is 12.3. The SMILES string of the molecule is O=C(C1CCN(c2cnc3nccnc3c2)CC1)N1CCCCCC1. The number of carbonyl (C=O) groups is 1. The van der Waals surface area contributed by atoms with Gasteiger partial charge in [0.05, 0.1) is 11.9 Å². The number of anilines is 1. The number of hydrogen-bond acceptors (Lipinski definition) is 5. The summed E-state index contributed by atoms with van der Waals surface area (Å²) in [5.74, 6) is 0.562. The largest absolute Gasteiger partial charge is 0.370 e. The molecule has 6 heteroatoms. The van der Waals surface area contributed by atoms with Crippen LogP contribution in [0.15, 0.2) is 24.7 Å². The Morgan fingerprint density at radius 1 is 0.920 bits per heavy atom. The Morgan fingerprint density at radius 2 is 1.64 bits per heavy atom. The van der Waals surface area contributed by atoms with Gasteiger partial charge in [0.1, 0.15) is 5.52 Å². The van der Waals surface area contributed by atoms with Gasteiger partial charge in [0, 0.05) is 44.5 Å². The molecule has 0 bridgehead atoms. The van der Waals surface area contributed by atoms with Crippen molar-refractivity contribution in [3.63, 3.8) is 0 Å². The van der Waals surface area contributed by atoms with Crippen molar-refractivity contribution in [2.45, 2.75) is 38.5 Å². The van der Waals surface area contributed by atoms with E-state index in [-0.39, 0.29) is 5.92 Å². The van der Waals surface area contributed by atoms with Gasteiger partial charge in [0.25, 0.3) is 0 Å². The molecule has 1 amide bonds. The summed E-state index contributed by atoms with van der Waals surface area (Å²) in [4.78, 5) is 30.2. The number of amides is 1. The number of nitrogens with zero attached hydrogens (tertiary/aromatic N) is 5. The number of piperidine rings is 1. The Bertz CT molecular complexity index is 733. The first-order valence-electron chi connectivity index (χ1n) is 9.42. The summed E-state index contributed by atoms with van der Waals surface area (Å²) in [5.41, 5.74) is 2.58. The summed E-state index contributed by atoms with van der Waals surface area (Å²) in [6.07, 6.45) is 11.9. The molecule has 2 aromatic heterocycles. The molecule has 0 aliphatic carbocycles. The van der Waals surface area contributed by atoms with Gasteiger partial charge in [0.15, 0.2) is 5.65 Å². The van der Waals surface area contributed by atoms with E-state index in [1.165, 1.54) is 12.8 Å². The summed E-state index contributed by atoms with van der Waals surface area (Å²) < 4.78 is 0. The van der Waals surface area contributed by atoms with Crippen LogP contribution in [-0.4, -0.2) is 51.9 Å². The van der Waals surface area contributed by atoms with Crippen molar-refractivity contribution < 1.29 is 4.79 Å². The lowest BCUT2D eigenvalue weighted by molar-refractivity contribution is -0.136. The van der Waals surface area contributed by atoms with Gasteiger partial charge in [-0.2, -0.15) is 0 Å². The number of fused-ring (bicyclic) bond motifs is 1. The Balaban J connectivity index is 1.39. The van der Waals surface area contributed by atoms with Gasteiger partial charge in [-0.05, 0) is 31.7 Å². The van der Waals surface area contributed by atoms with Crippen molar-refractivity contribution in [2.24, 2.45) is 5.92 Å². The van der Waals surface area contributed by atoms with Gasteiger partial charge in [-0.25, -0.2) is 9.97 Å². The Hall–Kier alpha value is -2.24. The zero-order valence-electron chi connectivity index (χ0n) is 14.6. The summed E-state index contributed by atoms with van der Waals surface area (Å²) in [6.45, 7) is 3.70. The molecule has 4 rings (SSSR count). The van der Waals surface area contributed by atoms with Crippen molar-refractivity contribution in [1.29, 1.82) is 0 Å². The Kier molecular flexibility index (Phi) is 4.76. The maximum atomic E-state index is 12.8. The summed E-state index contributed by atoms with van der Waals surface area (Å²) in [7, 11) is 0. The van der Waals surface area contributed by atoms with Crippen LogP contribution >= 0.6 is 0 Å². The van der Waals surface area contributed by atoms with Gasteiger partial charge >= 0.3 is 0 Å². The number of pyridine rings is 1. The minimum Gasteiger partial charge on any atom is -0.370 e. The first kappa shape index (κ1) is 16.2. The van der Waals surface area contributed by atoms with E-state index in [0.717, 1.165) is 63.1 Å². The van der Waals surface area contributed by atoms with Crippen molar-refractivity contribution in [3.8, 4) is 0 Å². The number of likely N-dealkylation sites (tertiary alicyclic amines) is 1. The lowest BCUT2D eigenvalue weighted by atomic mass is 9.95. The number of aromatic nitrogens is 3. The van der Waals surface area contributed by atoms with Crippen LogP contribution < -0.4 is 4.90 Å². The molecule has 132 valence electrons. The minimum atomic E-state index is 0.183. The fourth-order valence-electron chi connectivity index (χ4n) is 3.95. The van der Waals surface area contributed by atoms with Crippen molar-refractivity contribution in [2.75, 3.05) is 31.1 Å². The first-order valence-corrected chi connectivity index (χ1v) is 9.42. The smallest absolute Gasteiger partial charge is 0.225 e. The molecule has 0 spiro atoms. The minimum absolute atomic E-state index is 0.183. The zero-order valence-corrected chi connectivity index (χ0v) is 14.6. The molecule has 0 N–H and O–H groups in total. The van der Waals surface area contributed by atoms with E-state index in [1.807, 2.05) is 12.3 Å². The molecule has 2 aromatic rings. The molecule has 0 aromatic carbocycles. The van der Waals surface area contributed by atoms with Crippen LogP contribution in [0.4, 0.5) is 5.69 Å². The predicted octanol–water partition coefficient (Wildman–Crippen LogP) is 2.64. The highest BCUT2D eigenvalue weighted by molar-refractivity contribution is 5.79. The standard InChI is InChI=1S/C19H25N5O/c25-19(24-9-3-1-2-4-10-24)15-5-11-23(12-6-15)16-13-17-18(22-14-16)21-8-7-20-17/h7-8,13-15H,1-6,9-12H2.